The molecule has 1 N–H and O–H groups in total. The van der Waals surface area contributed by atoms with Crippen LogP contribution in [0, 0.1) is 0 Å². The molecule has 4 rings (SSSR count). The third kappa shape index (κ3) is 4.27. The fourth-order valence-corrected chi connectivity index (χ4v) is 4.10. The number of urea groups is 1. The van der Waals surface area contributed by atoms with Crippen molar-refractivity contribution in [3.63, 3.8) is 0 Å². The maximum atomic E-state index is 13.1. The number of carbonyl (C=O) groups excluding carboxylic acids is 1. The Hall–Kier alpha value is -2.86. The van der Waals surface area contributed by atoms with Gasteiger partial charge in [-0.1, -0.05) is 18.2 Å². The molecule has 2 aromatic carbocycles. The van der Waals surface area contributed by atoms with Crippen LogP contribution in [0.1, 0.15) is 23.1 Å². The Morgan fingerprint density at radius 2 is 1.52 bits per heavy atom. The Balaban J connectivity index is 1.47. The predicted octanol–water partition coefficient (Wildman–Crippen LogP) is 3.18. The van der Waals surface area contributed by atoms with Crippen molar-refractivity contribution in [1.29, 1.82) is 0 Å². The predicted molar refractivity (Wildman–Crippen MR) is 114 cm³/mol. The number of anilines is 2. The fraction of sp³-hybridized carbons (Fsp3) is 0.391. The smallest absolute Gasteiger partial charge is 0.329 e. The molecule has 0 unspecified atom stereocenters. The van der Waals surface area contributed by atoms with Gasteiger partial charge in [-0.05, 0) is 67.3 Å². The summed E-state index contributed by atoms with van der Waals surface area (Å²) in [5.74, 6) is -0.799. The zero-order valence-electron chi connectivity index (χ0n) is 16.8. The van der Waals surface area contributed by atoms with Crippen molar-refractivity contribution in [2.45, 2.75) is 25.7 Å². The van der Waals surface area contributed by atoms with Gasteiger partial charge in [-0.15, -0.1) is 0 Å². The molecule has 0 radical (unpaired) electrons. The lowest BCUT2D eigenvalue weighted by atomic mass is 10.0. The van der Waals surface area contributed by atoms with E-state index in [4.69, 9.17) is 5.11 Å². The third-order valence-corrected chi connectivity index (χ3v) is 5.91. The van der Waals surface area contributed by atoms with Gasteiger partial charge in [0.2, 0.25) is 0 Å². The maximum Gasteiger partial charge on any atom is 0.329 e. The minimum Gasteiger partial charge on any atom is -0.481 e. The van der Waals surface area contributed by atoms with E-state index in [-0.39, 0.29) is 12.5 Å². The zero-order chi connectivity index (χ0) is 20.4. The number of amides is 2. The summed E-state index contributed by atoms with van der Waals surface area (Å²) in [5.41, 5.74) is 5.53. The van der Waals surface area contributed by atoms with Crippen molar-refractivity contribution < 1.29 is 14.7 Å². The minimum atomic E-state index is -0.799. The number of aryl methyl sites for hydroxylation is 1. The molecule has 6 heteroatoms. The SMILES string of the molecule is CN1CCc2ccc(N3CCN(c4ccc(CCC(=O)O)cc4)C3=O)cc2CC1. The number of carboxylic acids is 1. The monoisotopic (exact) mass is 393 g/mol. The number of benzene rings is 2. The van der Waals surface area contributed by atoms with E-state index >= 15 is 0 Å². The standard InChI is InChI=1S/C23H27N3O3/c1-24-12-10-18-5-8-21(16-19(18)11-13-24)26-15-14-25(23(26)29)20-6-2-17(3-7-20)4-9-22(27)28/h2-3,5-8,16H,4,9-15H2,1H3,(H,27,28). The number of hydrogen-bond donors (Lipinski definition) is 1. The number of hydrogen-bond acceptors (Lipinski definition) is 3. The molecule has 0 aromatic heterocycles. The molecular weight excluding hydrogens is 366 g/mol. The topological polar surface area (TPSA) is 64.1 Å². The van der Waals surface area contributed by atoms with Crippen LogP contribution in [0.3, 0.4) is 0 Å². The van der Waals surface area contributed by atoms with Crippen LogP contribution in [-0.4, -0.2) is 55.2 Å². The molecule has 0 saturated carbocycles. The lowest BCUT2D eigenvalue weighted by molar-refractivity contribution is -0.136. The van der Waals surface area contributed by atoms with Crippen molar-refractivity contribution in [2.75, 3.05) is 43.0 Å². The molecule has 2 amide bonds. The third-order valence-electron chi connectivity index (χ3n) is 5.91. The summed E-state index contributed by atoms with van der Waals surface area (Å²) >= 11 is 0. The first-order valence-corrected chi connectivity index (χ1v) is 10.2. The van der Waals surface area contributed by atoms with Gasteiger partial charge in [0.05, 0.1) is 0 Å². The van der Waals surface area contributed by atoms with Gasteiger partial charge in [-0.25, -0.2) is 4.79 Å². The molecule has 1 fully saturated rings. The summed E-state index contributed by atoms with van der Waals surface area (Å²) in [6.45, 7) is 3.43. The van der Waals surface area contributed by atoms with Gasteiger partial charge in [0.15, 0.2) is 0 Å². The minimum absolute atomic E-state index is 0.00558. The van der Waals surface area contributed by atoms with Crippen LogP contribution in [0.5, 0.6) is 0 Å². The highest BCUT2D eigenvalue weighted by molar-refractivity contribution is 6.06. The molecule has 6 nitrogen and oxygen atoms in total. The van der Waals surface area contributed by atoms with E-state index in [0.717, 1.165) is 42.9 Å². The molecule has 0 atom stereocenters. The fourth-order valence-electron chi connectivity index (χ4n) is 4.10. The van der Waals surface area contributed by atoms with Gasteiger partial charge < -0.3 is 10.0 Å². The highest BCUT2D eigenvalue weighted by Crippen LogP contribution is 2.28. The Morgan fingerprint density at radius 3 is 2.21 bits per heavy atom. The number of fused-ring (bicyclic) bond motifs is 1. The number of carbonyl (C=O) groups is 2. The Bertz CT molecular complexity index is 910. The van der Waals surface area contributed by atoms with Crippen LogP contribution in [0.25, 0.3) is 0 Å². The first-order chi connectivity index (χ1) is 14.0. The van der Waals surface area contributed by atoms with E-state index in [1.54, 1.807) is 4.90 Å². The van der Waals surface area contributed by atoms with E-state index in [1.165, 1.54) is 11.1 Å². The molecule has 1 saturated heterocycles. The largest absolute Gasteiger partial charge is 0.481 e. The highest BCUT2D eigenvalue weighted by atomic mass is 16.4. The van der Waals surface area contributed by atoms with Crippen LogP contribution in [-0.2, 0) is 24.1 Å². The van der Waals surface area contributed by atoms with Crippen molar-refractivity contribution >= 4 is 23.4 Å². The van der Waals surface area contributed by atoms with Gasteiger partial charge >= 0.3 is 12.0 Å². The van der Waals surface area contributed by atoms with E-state index in [2.05, 4.69) is 30.1 Å². The molecule has 2 aliphatic rings. The second kappa shape index (κ2) is 8.25. The van der Waals surface area contributed by atoms with Gasteiger partial charge in [-0.3, -0.25) is 14.6 Å². The van der Waals surface area contributed by atoms with Crippen LogP contribution in [0.2, 0.25) is 0 Å². The molecule has 0 aliphatic carbocycles. The molecule has 2 aromatic rings. The molecular formula is C23H27N3O3. The van der Waals surface area contributed by atoms with E-state index < -0.39 is 5.97 Å². The summed E-state index contributed by atoms with van der Waals surface area (Å²) in [6, 6.07) is 14.1. The van der Waals surface area contributed by atoms with Crippen LogP contribution < -0.4 is 9.80 Å². The lowest BCUT2D eigenvalue weighted by Gasteiger charge is -2.20. The first kappa shape index (κ1) is 19.5. The molecule has 0 spiro atoms. The molecule has 2 heterocycles. The average Bonchev–Trinajstić information content (AvgIpc) is 3.00. The Kier molecular flexibility index (Phi) is 5.53. The number of carboxylic acid groups (broad SMARTS) is 1. The normalized spacial score (nSPS) is 17.3. The van der Waals surface area contributed by atoms with Gasteiger partial charge in [0.25, 0.3) is 0 Å². The van der Waals surface area contributed by atoms with Crippen molar-refractivity contribution in [1.82, 2.24) is 4.90 Å². The van der Waals surface area contributed by atoms with E-state index in [0.29, 0.717) is 19.5 Å². The summed E-state index contributed by atoms with van der Waals surface area (Å²) in [7, 11) is 2.15. The van der Waals surface area contributed by atoms with Gasteiger partial charge in [-0.2, -0.15) is 0 Å². The molecule has 29 heavy (non-hydrogen) atoms. The Morgan fingerprint density at radius 1 is 0.897 bits per heavy atom. The first-order valence-electron chi connectivity index (χ1n) is 10.2. The molecule has 2 aliphatic heterocycles. The van der Waals surface area contributed by atoms with Gasteiger partial charge in [0, 0.05) is 44.0 Å². The lowest BCUT2D eigenvalue weighted by Crippen LogP contribution is -2.31. The van der Waals surface area contributed by atoms with Crippen molar-refractivity contribution in [2.24, 2.45) is 0 Å². The number of rotatable bonds is 5. The van der Waals surface area contributed by atoms with Crippen LogP contribution in [0.15, 0.2) is 42.5 Å². The van der Waals surface area contributed by atoms with Crippen molar-refractivity contribution in [3.8, 4) is 0 Å². The molecule has 0 bridgehead atoms. The molecule has 152 valence electrons. The van der Waals surface area contributed by atoms with Crippen molar-refractivity contribution in [3.05, 3.63) is 59.2 Å². The summed E-state index contributed by atoms with van der Waals surface area (Å²) in [4.78, 5) is 29.8. The summed E-state index contributed by atoms with van der Waals surface area (Å²) in [5, 5.41) is 8.82. The Labute approximate surface area is 171 Å². The second-order valence-corrected chi connectivity index (χ2v) is 7.90. The highest BCUT2D eigenvalue weighted by Gasteiger charge is 2.31. The van der Waals surface area contributed by atoms with Crippen LogP contribution >= 0.6 is 0 Å². The average molecular weight is 393 g/mol. The number of likely N-dealkylation sites (N-methyl/N-ethyl adjacent to an activating group) is 1. The van der Waals surface area contributed by atoms with Crippen LogP contribution in [0.4, 0.5) is 16.2 Å². The zero-order valence-corrected chi connectivity index (χ0v) is 16.8. The van der Waals surface area contributed by atoms with Gasteiger partial charge in [0.1, 0.15) is 0 Å². The van der Waals surface area contributed by atoms with E-state index in [9.17, 15) is 9.59 Å². The second-order valence-electron chi connectivity index (χ2n) is 7.90. The maximum absolute atomic E-state index is 13.1. The summed E-state index contributed by atoms with van der Waals surface area (Å²) < 4.78 is 0. The number of aliphatic carboxylic acids is 1. The summed E-state index contributed by atoms with van der Waals surface area (Å²) in [6.07, 6.45) is 2.69. The quantitative estimate of drug-likeness (QED) is 0.847. The number of nitrogens with zero attached hydrogens (tertiary/aromatic N) is 3. The van der Waals surface area contributed by atoms with E-state index in [1.807, 2.05) is 29.2 Å².